The molecule has 4 nitrogen and oxygen atoms in total. The highest BCUT2D eigenvalue weighted by molar-refractivity contribution is 7.14. The maximum Gasteiger partial charge on any atom is 0.261 e. The van der Waals surface area contributed by atoms with Gasteiger partial charge in [0.2, 0.25) is 0 Å². The summed E-state index contributed by atoms with van der Waals surface area (Å²) < 4.78 is 5.28. The van der Waals surface area contributed by atoms with Crippen LogP contribution in [0.5, 0.6) is 0 Å². The fraction of sp³-hybridized carbons (Fsp3) is 0.583. The van der Waals surface area contributed by atoms with Crippen molar-refractivity contribution in [3.05, 3.63) is 15.8 Å². The fourth-order valence-corrected chi connectivity index (χ4v) is 2.74. The number of carbonyl (C=O) groups excluding carboxylic acids is 1. The third kappa shape index (κ3) is 3.20. The Balaban J connectivity index is 1.84. The van der Waals surface area contributed by atoms with Gasteiger partial charge in [-0.2, -0.15) is 0 Å². The van der Waals surface area contributed by atoms with Crippen LogP contribution >= 0.6 is 11.3 Å². The smallest absolute Gasteiger partial charge is 0.261 e. The number of nitrogens with one attached hydrogen (secondary N) is 1. The monoisotopic (exact) mass is 254 g/mol. The van der Waals surface area contributed by atoms with Gasteiger partial charge in [0.1, 0.15) is 0 Å². The van der Waals surface area contributed by atoms with E-state index in [1.165, 1.54) is 11.3 Å². The maximum absolute atomic E-state index is 11.9. The summed E-state index contributed by atoms with van der Waals surface area (Å²) in [5.74, 6) is 0.535. The molecule has 0 unspecified atom stereocenters. The largest absolute Gasteiger partial charge is 0.398 e. The summed E-state index contributed by atoms with van der Waals surface area (Å²) in [7, 11) is 0. The molecule has 0 aromatic carbocycles. The number of nitrogens with two attached hydrogens (primary N) is 1. The first kappa shape index (κ1) is 12.4. The van der Waals surface area contributed by atoms with Crippen LogP contribution in [-0.2, 0) is 4.74 Å². The van der Waals surface area contributed by atoms with Gasteiger partial charge in [-0.1, -0.05) is 0 Å². The van der Waals surface area contributed by atoms with Gasteiger partial charge in [0.15, 0.2) is 0 Å². The predicted octanol–water partition coefficient (Wildman–Crippen LogP) is 1.80. The van der Waals surface area contributed by atoms with Crippen LogP contribution in [0.1, 0.15) is 27.4 Å². The van der Waals surface area contributed by atoms with Crippen molar-refractivity contribution in [1.82, 2.24) is 5.32 Å². The average molecular weight is 254 g/mol. The molecule has 2 heterocycles. The van der Waals surface area contributed by atoms with E-state index in [1.54, 1.807) is 6.07 Å². The Morgan fingerprint density at radius 2 is 2.29 bits per heavy atom. The van der Waals surface area contributed by atoms with E-state index in [-0.39, 0.29) is 5.91 Å². The molecular formula is C12H18N2O2S. The molecule has 17 heavy (non-hydrogen) atoms. The van der Waals surface area contributed by atoms with Gasteiger partial charge in [0, 0.05) is 30.3 Å². The van der Waals surface area contributed by atoms with Crippen molar-refractivity contribution in [3.63, 3.8) is 0 Å². The molecule has 0 radical (unpaired) electrons. The van der Waals surface area contributed by atoms with Crippen LogP contribution in [0.25, 0.3) is 0 Å². The summed E-state index contributed by atoms with van der Waals surface area (Å²) in [6, 6.07) is 1.75. The fourth-order valence-electron chi connectivity index (χ4n) is 1.88. The number of anilines is 1. The van der Waals surface area contributed by atoms with Gasteiger partial charge < -0.3 is 15.8 Å². The molecule has 1 aliphatic heterocycles. The topological polar surface area (TPSA) is 64.3 Å². The Labute approximate surface area is 105 Å². The first-order chi connectivity index (χ1) is 8.16. The number of ether oxygens (including phenoxy) is 1. The highest BCUT2D eigenvalue weighted by Gasteiger charge is 2.16. The van der Waals surface area contributed by atoms with Crippen molar-refractivity contribution >= 4 is 22.9 Å². The van der Waals surface area contributed by atoms with E-state index in [0.717, 1.165) is 37.5 Å². The molecule has 0 atom stereocenters. The molecule has 0 aliphatic carbocycles. The van der Waals surface area contributed by atoms with E-state index in [4.69, 9.17) is 10.5 Å². The lowest BCUT2D eigenvalue weighted by atomic mass is 10.0. The van der Waals surface area contributed by atoms with Crippen molar-refractivity contribution in [2.24, 2.45) is 5.92 Å². The Morgan fingerprint density at radius 3 is 2.88 bits per heavy atom. The minimum Gasteiger partial charge on any atom is -0.398 e. The van der Waals surface area contributed by atoms with Gasteiger partial charge in [-0.25, -0.2) is 0 Å². The van der Waals surface area contributed by atoms with Gasteiger partial charge in [-0.15, -0.1) is 11.3 Å². The standard InChI is InChI=1S/C12H18N2O2S/c1-8-10(13)6-11(17-8)12(15)14-7-9-2-4-16-5-3-9/h6,9H,2-5,7,13H2,1H3,(H,14,15). The first-order valence-electron chi connectivity index (χ1n) is 5.88. The summed E-state index contributed by atoms with van der Waals surface area (Å²) in [5.41, 5.74) is 6.43. The average Bonchev–Trinajstić information content (AvgIpc) is 2.68. The Kier molecular flexibility index (Phi) is 4.02. The lowest BCUT2D eigenvalue weighted by molar-refractivity contribution is 0.0643. The van der Waals surface area contributed by atoms with Gasteiger partial charge in [-0.3, -0.25) is 4.79 Å². The van der Waals surface area contributed by atoms with E-state index < -0.39 is 0 Å². The molecule has 0 spiro atoms. The summed E-state index contributed by atoms with van der Waals surface area (Å²) >= 11 is 1.45. The zero-order valence-electron chi connectivity index (χ0n) is 9.99. The summed E-state index contributed by atoms with van der Waals surface area (Å²) in [4.78, 5) is 13.6. The van der Waals surface area contributed by atoms with E-state index in [0.29, 0.717) is 16.5 Å². The number of hydrogen-bond acceptors (Lipinski definition) is 4. The summed E-state index contributed by atoms with van der Waals surface area (Å²) in [6.45, 7) is 4.28. The highest BCUT2D eigenvalue weighted by Crippen LogP contribution is 2.23. The second-order valence-electron chi connectivity index (χ2n) is 4.39. The molecule has 3 N–H and O–H groups in total. The molecule has 1 saturated heterocycles. The SMILES string of the molecule is Cc1sc(C(=O)NCC2CCOCC2)cc1N. The zero-order chi connectivity index (χ0) is 12.3. The number of nitrogen functional groups attached to an aromatic ring is 1. The molecule has 5 heteroatoms. The molecule has 1 fully saturated rings. The first-order valence-corrected chi connectivity index (χ1v) is 6.70. The van der Waals surface area contributed by atoms with Crippen molar-refractivity contribution < 1.29 is 9.53 Å². The molecular weight excluding hydrogens is 236 g/mol. The van der Waals surface area contributed by atoms with Crippen molar-refractivity contribution in [2.75, 3.05) is 25.5 Å². The van der Waals surface area contributed by atoms with Gasteiger partial charge in [0.25, 0.3) is 5.91 Å². The highest BCUT2D eigenvalue weighted by atomic mass is 32.1. The van der Waals surface area contributed by atoms with Crippen LogP contribution < -0.4 is 11.1 Å². The molecule has 94 valence electrons. The van der Waals surface area contributed by atoms with E-state index in [1.807, 2.05) is 6.92 Å². The molecule has 1 aromatic heterocycles. The minimum absolute atomic E-state index is 0.0127. The van der Waals surface area contributed by atoms with Gasteiger partial charge in [-0.05, 0) is 31.7 Å². The number of hydrogen-bond donors (Lipinski definition) is 2. The Hall–Kier alpha value is -1.07. The number of aryl methyl sites for hydroxylation is 1. The second kappa shape index (κ2) is 5.51. The van der Waals surface area contributed by atoms with Crippen LogP contribution in [0, 0.1) is 12.8 Å². The summed E-state index contributed by atoms with van der Waals surface area (Å²) in [5, 5.41) is 2.97. The number of thiophene rings is 1. The van der Waals surface area contributed by atoms with E-state index >= 15 is 0 Å². The third-order valence-electron chi connectivity index (χ3n) is 3.07. The van der Waals surface area contributed by atoms with Crippen LogP contribution in [0.2, 0.25) is 0 Å². The zero-order valence-corrected chi connectivity index (χ0v) is 10.8. The number of carbonyl (C=O) groups is 1. The predicted molar refractivity (Wildman–Crippen MR) is 69.3 cm³/mol. The second-order valence-corrected chi connectivity index (χ2v) is 5.64. The van der Waals surface area contributed by atoms with Crippen LogP contribution in [0.15, 0.2) is 6.07 Å². The molecule has 0 saturated carbocycles. The minimum atomic E-state index is -0.0127. The molecule has 1 aromatic rings. The van der Waals surface area contributed by atoms with Crippen molar-refractivity contribution in [3.8, 4) is 0 Å². The normalized spacial score (nSPS) is 17.0. The Morgan fingerprint density at radius 1 is 1.59 bits per heavy atom. The molecule has 2 rings (SSSR count). The van der Waals surface area contributed by atoms with Gasteiger partial charge >= 0.3 is 0 Å². The van der Waals surface area contributed by atoms with Gasteiger partial charge in [0.05, 0.1) is 4.88 Å². The van der Waals surface area contributed by atoms with Crippen LogP contribution in [0.3, 0.4) is 0 Å². The molecule has 1 aliphatic rings. The van der Waals surface area contributed by atoms with Crippen LogP contribution in [0.4, 0.5) is 5.69 Å². The quantitative estimate of drug-likeness (QED) is 0.864. The van der Waals surface area contributed by atoms with E-state index in [2.05, 4.69) is 5.32 Å². The molecule has 1 amide bonds. The summed E-state index contributed by atoms with van der Waals surface area (Å²) in [6.07, 6.45) is 2.07. The molecule has 0 bridgehead atoms. The lowest BCUT2D eigenvalue weighted by Crippen LogP contribution is -2.31. The van der Waals surface area contributed by atoms with E-state index in [9.17, 15) is 4.79 Å². The number of amides is 1. The Bertz CT molecular complexity index is 378. The number of rotatable bonds is 3. The maximum atomic E-state index is 11.9. The van der Waals surface area contributed by atoms with Crippen molar-refractivity contribution in [1.29, 1.82) is 0 Å². The van der Waals surface area contributed by atoms with Crippen LogP contribution in [-0.4, -0.2) is 25.7 Å². The third-order valence-corrected chi connectivity index (χ3v) is 4.14. The van der Waals surface area contributed by atoms with Crippen molar-refractivity contribution in [2.45, 2.75) is 19.8 Å². The lowest BCUT2D eigenvalue weighted by Gasteiger charge is -2.21.